The largest absolute Gasteiger partial charge is 0.355 e. The van der Waals surface area contributed by atoms with Crippen LogP contribution in [0.15, 0.2) is 11.1 Å². The third-order valence-corrected chi connectivity index (χ3v) is 4.71. The topological polar surface area (TPSA) is 44.6 Å². The predicted molar refractivity (Wildman–Crippen MR) is 116 cm³/mol. The highest BCUT2D eigenvalue weighted by Gasteiger charge is 2.13. The number of guanidine groups is 1. The number of hydrogen-bond acceptors (Lipinski definition) is 2. The minimum atomic E-state index is 0. The van der Waals surface area contributed by atoms with Gasteiger partial charge in [-0.1, -0.05) is 23.2 Å². The number of aromatic nitrogens is 1. The van der Waals surface area contributed by atoms with Crippen LogP contribution in [0.4, 0.5) is 0 Å². The Morgan fingerprint density at radius 3 is 2.21 bits per heavy atom. The molecule has 1 aromatic rings. The fourth-order valence-corrected chi connectivity index (χ4v) is 2.99. The lowest BCUT2D eigenvalue weighted by molar-refractivity contribution is 0.178. The number of hydrogen-bond donors (Lipinski definition) is 2. The van der Waals surface area contributed by atoms with Gasteiger partial charge in [0.15, 0.2) is 5.96 Å². The van der Waals surface area contributed by atoms with Gasteiger partial charge in [-0.15, -0.1) is 24.0 Å². The molecule has 5 nitrogen and oxygen atoms in total. The van der Waals surface area contributed by atoms with Crippen LogP contribution in [0.25, 0.3) is 0 Å². The zero-order chi connectivity index (χ0) is 17.6. The number of aliphatic imine (C=N–C) groups is 1. The lowest BCUT2D eigenvalue weighted by atomic mass is 10.2. The fourth-order valence-electron chi connectivity index (χ4n) is 2.57. The van der Waals surface area contributed by atoms with Gasteiger partial charge in [-0.05, 0) is 33.8 Å². The van der Waals surface area contributed by atoms with Gasteiger partial charge in [-0.25, -0.2) is 0 Å². The van der Waals surface area contributed by atoms with Crippen molar-refractivity contribution in [2.75, 3.05) is 20.1 Å². The molecular formula is C16H30Cl2IN5. The molecule has 2 N–H and O–H groups in total. The second-order valence-electron chi connectivity index (χ2n) is 6.11. The van der Waals surface area contributed by atoms with Crippen molar-refractivity contribution >= 4 is 53.1 Å². The average molecular weight is 490 g/mol. The first-order chi connectivity index (χ1) is 10.8. The van der Waals surface area contributed by atoms with Crippen molar-refractivity contribution in [3.05, 3.63) is 21.9 Å². The first-order valence-electron chi connectivity index (χ1n) is 7.97. The number of halogens is 3. The van der Waals surface area contributed by atoms with E-state index < -0.39 is 0 Å². The van der Waals surface area contributed by atoms with Gasteiger partial charge in [0.1, 0.15) is 5.15 Å². The van der Waals surface area contributed by atoms with E-state index in [2.05, 4.69) is 48.2 Å². The van der Waals surface area contributed by atoms with Crippen molar-refractivity contribution in [2.24, 2.45) is 12.0 Å². The van der Waals surface area contributed by atoms with Gasteiger partial charge < -0.3 is 15.2 Å². The van der Waals surface area contributed by atoms with E-state index in [0.717, 1.165) is 24.7 Å². The molecule has 0 saturated heterocycles. The third-order valence-electron chi connectivity index (χ3n) is 3.87. The molecule has 0 atom stereocenters. The Morgan fingerprint density at radius 1 is 1.21 bits per heavy atom. The predicted octanol–water partition coefficient (Wildman–Crippen LogP) is 3.73. The van der Waals surface area contributed by atoms with Gasteiger partial charge in [0, 0.05) is 45.0 Å². The maximum Gasteiger partial charge on any atom is 0.191 e. The molecule has 0 aromatic carbocycles. The standard InChI is InChI=1S/C16H29Cl2N5.HI/c1-11(2)23(12(3)4)8-7-20-16(19-5)21-10-13-9-14(17)15(18)22(13)6;/h9,11-12H,7-8,10H2,1-6H3,(H2,19,20,21);1H. The van der Waals surface area contributed by atoms with Gasteiger partial charge in [-0.3, -0.25) is 9.89 Å². The Bertz CT molecular complexity index is 521. The van der Waals surface area contributed by atoms with Gasteiger partial charge in [-0.2, -0.15) is 0 Å². The van der Waals surface area contributed by atoms with Crippen molar-refractivity contribution in [2.45, 2.75) is 46.3 Å². The molecule has 0 bridgehead atoms. The monoisotopic (exact) mass is 489 g/mol. The average Bonchev–Trinajstić information content (AvgIpc) is 2.73. The van der Waals surface area contributed by atoms with Gasteiger partial charge in [0.25, 0.3) is 0 Å². The van der Waals surface area contributed by atoms with Crippen molar-refractivity contribution in [1.82, 2.24) is 20.1 Å². The van der Waals surface area contributed by atoms with Gasteiger partial charge in [0.2, 0.25) is 0 Å². The molecule has 0 fully saturated rings. The molecule has 0 aliphatic rings. The van der Waals surface area contributed by atoms with Crippen LogP contribution in [0.1, 0.15) is 33.4 Å². The summed E-state index contributed by atoms with van der Waals surface area (Å²) in [6.45, 7) is 11.3. The molecule has 8 heteroatoms. The van der Waals surface area contributed by atoms with E-state index in [1.165, 1.54) is 0 Å². The zero-order valence-corrected chi connectivity index (χ0v) is 19.2. The number of nitrogens with zero attached hydrogens (tertiary/aromatic N) is 3. The first-order valence-corrected chi connectivity index (χ1v) is 8.73. The van der Waals surface area contributed by atoms with Crippen molar-refractivity contribution < 1.29 is 0 Å². The quantitative estimate of drug-likeness (QED) is 0.348. The molecule has 1 heterocycles. The SMILES string of the molecule is CN=C(NCCN(C(C)C)C(C)C)NCc1cc(Cl)c(Cl)n1C.I. The molecule has 24 heavy (non-hydrogen) atoms. The number of rotatable bonds is 7. The summed E-state index contributed by atoms with van der Waals surface area (Å²) >= 11 is 12.1. The minimum Gasteiger partial charge on any atom is -0.355 e. The minimum absolute atomic E-state index is 0. The summed E-state index contributed by atoms with van der Waals surface area (Å²) in [7, 11) is 3.66. The highest BCUT2D eigenvalue weighted by Crippen LogP contribution is 2.24. The summed E-state index contributed by atoms with van der Waals surface area (Å²) in [6, 6.07) is 2.92. The maximum absolute atomic E-state index is 6.08. The molecule has 0 saturated carbocycles. The second-order valence-corrected chi connectivity index (χ2v) is 6.88. The Labute approximate surface area is 173 Å². The van der Waals surface area contributed by atoms with E-state index in [-0.39, 0.29) is 24.0 Å². The lowest BCUT2D eigenvalue weighted by Gasteiger charge is -2.30. The van der Waals surface area contributed by atoms with Gasteiger partial charge >= 0.3 is 0 Å². The molecule has 0 unspecified atom stereocenters. The highest BCUT2D eigenvalue weighted by molar-refractivity contribution is 14.0. The fraction of sp³-hybridized carbons (Fsp3) is 0.688. The smallest absolute Gasteiger partial charge is 0.191 e. The molecule has 0 amide bonds. The van der Waals surface area contributed by atoms with Crippen LogP contribution in [0.3, 0.4) is 0 Å². The molecular weight excluding hydrogens is 460 g/mol. The molecule has 0 spiro atoms. The Morgan fingerprint density at radius 2 is 1.79 bits per heavy atom. The molecule has 1 aromatic heterocycles. The van der Waals surface area contributed by atoms with Crippen LogP contribution < -0.4 is 10.6 Å². The maximum atomic E-state index is 6.08. The van der Waals surface area contributed by atoms with Crippen LogP contribution in [-0.4, -0.2) is 47.6 Å². The van der Waals surface area contributed by atoms with Crippen molar-refractivity contribution in [1.29, 1.82) is 0 Å². The van der Waals surface area contributed by atoms with Crippen LogP contribution in [0, 0.1) is 0 Å². The van der Waals surface area contributed by atoms with Crippen LogP contribution in [0.5, 0.6) is 0 Å². The Kier molecular flexibility index (Phi) is 11.4. The van der Waals surface area contributed by atoms with E-state index >= 15 is 0 Å². The Hall–Kier alpha value is -0.180. The molecule has 0 radical (unpaired) electrons. The van der Waals surface area contributed by atoms with Crippen LogP contribution in [0.2, 0.25) is 10.2 Å². The molecule has 0 aliphatic heterocycles. The lowest BCUT2D eigenvalue weighted by Crippen LogP contribution is -2.45. The van der Waals surface area contributed by atoms with Crippen LogP contribution in [-0.2, 0) is 13.6 Å². The zero-order valence-electron chi connectivity index (χ0n) is 15.4. The summed E-state index contributed by atoms with van der Waals surface area (Å²) in [4.78, 5) is 6.69. The first kappa shape index (κ1) is 23.8. The summed E-state index contributed by atoms with van der Waals surface area (Å²) in [5.74, 6) is 0.769. The summed E-state index contributed by atoms with van der Waals surface area (Å²) in [5, 5.41) is 7.74. The molecule has 140 valence electrons. The van der Waals surface area contributed by atoms with E-state index in [0.29, 0.717) is 28.8 Å². The van der Waals surface area contributed by atoms with Crippen molar-refractivity contribution in [3.63, 3.8) is 0 Å². The summed E-state index contributed by atoms with van der Waals surface area (Å²) in [6.07, 6.45) is 0. The normalized spacial score (nSPS) is 12.0. The van der Waals surface area contributed by atoms with E-state index in [4.69, 9.17) is 23.2 Å². The third kappa shape index (κ3) is 6.98. The molecule has 1 rings (SSSR count). The summed E-state index contributed by atoms with van der Waals surface area (Å²) < 4.78 is 1.86. The van der Waals surface area contributed by atoms with E-state index in [1.54, 1.807) is 7.05 Å². The summed E-state index contributed by atoms with van der Waals surface area (Å²) in [5.41, 5.74) is 1.01. The van der Waals surface area contributed by atoms with E-state index in [9.17, 15) is 0 Å². The van der Waals surface area contributed by atoms with E-state index in [1.807, 2.05) is 17.7 Å². The highest BCUT2D eigenvalue weighted by atomic mass is 127. The molecule has 0 aliphatic carbocycles. The van der Waals surface area contributed by atoms with Crippen molar-refractivity contribution in [3.8, 4) is 0 Å². The Balaban J connectivity index is 0.00000529. The second kappa shape index (κ2) is 11.4. The number of nitrogens with one attached hydrogen (secondary N) is 2. The van der Waals surface area contributed by atoms with Gasteiger partial charge in [0.05, 0.1) is 11.6 Å². The van der Waals surface area contributed by atoms with Crippen LogP contribution >= 0.6 is 47.2 Å².